The highest BCUT2D eigenvalue weighted by molar-refractivity contribution is 5.83. The number of anilines is 1. The topological polar surface area (TPSA) is 72.2 Å². The minimum absolute atomic E-state index is 0.0296. The molecule has 34 heavy (non-hydrogen) atoms. The second-order valence-corrected chi connectivity index (χ2v) is 8.46. The molecule has 0 bridgehead atoms. The first-order chi connectivity index (χ1) is 16.2. The molecule has 1 fully saturated rings. The molecule has 4 rings (SSSR count). The summed E-state index contributed by atoms with van der Waals surface area (Å²) in [5.74, 6) is 0.619. The fourth-order valence-corrected chi connectivity index (χ4v) is 4.13. The lowest BCUT2D eigenvalue weighted by molar-refractivity contribution is -0.140. The molecule has 0 saturated carbocycles. The first-order valence-electron chi connectivity index (χ1n) is 11.1. The number of halogens is 4. The Labute approximate surface area is 194 Å². The highest BCUT2D eigenvalue weighted by Gasteiger charge is 2.31. The van der Waals surface area contributed by atoms with Crippen molar-refractivity contribution < 1.29 is 22.3 Å². The third kappa shape index (κ3) is 5.61. The number of hydrogen-bond donors (Lipinski definition) is 0. The molecule has 3 aromatic rings. The number of likely N-dealkylation sites (tertiary alicyclic amines) is 1. The van der Waals surface area contributed by atoms with E-state index in [1.165, 1.54) is 6.07 Å². The minimum atomic E-state index is -4.40. The van der Waals surface area contributed by atoms with Crippen LogP contribution in [0.5, 0.6) is 0 Å². The molecular formula is C22H27F4N7O. The number of alkyl halides is 3. The number of pyridine rings is 1. The van der Waals surface area contributed by atoms with Crippen molar-refractivity contribution in [3.05, 3.63) is 42.0 Å². The van der Waals surface area contributed by atoms with E-state index in [1.807, 2.05) is 4.90 Å². The Morgan fingerprint density at radius 1 is 1.18 bits per heavy atom. The van der Waals surface area contributed by atoms with E-state index in [2.05, 4.69) is 19.9 Å². The smallest absolute Gasteiger partial charge is 0.383 e. The lowest BCUT2D eigenvalue weighted by Crippen LogP contribution is -2.34. The summed E-state index contributed by atoms with van der Waals surface area (Å²) in [6, 6.07) is 2.95. The Kier molecular flexibility index (Phi) is 7.27. The summed E-state index contributed by atoms with van der Waals surface area (Å²) in [4.78, 5) is 21.5. The van der Waals surface area contributed by atoms with E-state index in [9.17, 15) is 17.6 Å². The monoisotopic (exact) mass is 481 g/mol. The van der Waals surface area contributed by atoms with E-state index in [4.69, 9.17) is 9.72 Å². The van der Waals surface area contributed by atoms with E-state index in [-0.39, 0.29) is 17.4 Å². The zero-order valence-electron chi connectivity index (χ0n) is 19.1. The molecular weight excluding hydrogens is 454 g/mol. The fourth-order valence-electron chi connectivity index (χ4n) is 4.13. The van der Waals surface area contributed by atoms with Crippen molar-refractivity contribution in [3.63, 3.8) is 0 Å². The number of methoxy groups -OCH3 is 1. The summed E-state index contributed by atoms with van der Waals surface area (Å²) in [5.41, 5.74) is 0.894. The molecule has 1 aliphatic rings. The van der Waals surface area contributed by atoms with Gasteiger partial charge in [-0.3, -0.25) is 9.88 Å². The normalized spacial score (nSPS) is 15.8. The second kappa shape index (κ2) is 10.2. The number of nitrogens with zero attached hydrogens (tertiary/aromatic N) is 7. The molecule has 1 aliphatic heterocycles. The van der Waals surface area contributed by atoms with Crippen molar-refractivity contribution in [2.45, 2.75) is 38.0 Å². The van der Waals surface area contributed by atoms with Gasteiger partial charge in [0.1, 0.15) is 18.2 Å². The molecule has 4 heterocycles. The van der Waals surface area contributed by atoms with Crippen LogP contribution < -0.4 is 4.90 Å². The van der Waals surface area contributed by atoms with Crippen molar-refractivity contribution in [1.82, 2.24) is 29.4 Å². The summed E-state index contributed by atoms with van der Waals surface area (Å²) in [7, 11) is 3.38. The van der Waals surface area contributed by atoms with E-state index >= 15 is 0 Å². The van der Waals surface area contributed by atoms with Gasteiger partial charge in [0.15, 0.2) is 17.0 Å². The van der Waals surface area contributed by atoms with Crippen LogP contribution in [0.25, 0.3) is 11.2 Å². The summed E-state index contributed by atoms with van der Waals surface area (Å²) >= 11 is 0. The van der Waals surface area contributed by atoms with Gasteiger partial charge in [0.25, 0.3) is 0 Å². The average molecular weight is 481 g/mol. The van der Waals surface area contributed by atoms with E-state index in [0.717, 1.165) is 10.9 Å². The summed E-state index contributed by atoms with van der Waals surface area (Å²) in [6.07, 6.45) is -0.260. The average Bonchev–Trinajstić information content (AvgIpc) is 3.20. The number of fused-ring (bicyclic) bond motifs is 1. The van der Waals surface area contributed by atoms with Gasteiger partial charge in [0.05, 0.1) is 18.6 Å². The number of ether oxygens (including phenoxy) is 1. The number of rotatable bonds is 8. The largest absolute Gasteiger partial charge is 0.406 e. The van der Waals surface area contributed by atoms with Gasteiger partial charge in [-0.15, -0.1) is 0 Å². The van der Waals surface area contributed by atoms with Crippen molar-refractivity contribution in [2.75, 3.05) is 45.3 Å². The molecule has 184 valence electrons. The third-order valence-electron chi connectivity index (χ3n) is 5.97. The van der Waals surface area contributed by atoms with Gasteiger partial charge in [0.2, 0.25) is 0 Å². The van der Waals surface area contributed by atoms with Crippen molar-refractivity contribution >= 4 is 17.0 Å². The predicted octanol–water partition coefficient (Wildman–Crippen LogP) is 3.38. The molecule has 0 aliphatic carbocycles. The minimum Gasteiger partial charge on any atom is -0.383 e. The maximum Gasteiger partial charge on any atom is 0.406 e. The highest BCUT2D eigenvalue weighted by Crippen LogP contribution is 2.31. The Hall–Kier alpha value is -2.86. The summed E-state index contributed by atoms with van der Waals surface area (Å²) < 4.78 is 59.5. The van der Waals surface area contributed by atoms with Gasteiger partial charge in [-0.05, 0) is 38.1 Å². The molecule has 0 spiro atoms. The zero-order chi connectivity index (χ0) is 24.3. The van der Waals surface area contributed by atoms with Gasteiger partial charge >= 0.3 is 6.18 Å². The molecule has 0 amide bonds. The number of aromatic nitrogens is 5. The molecule has 0 unspecified atom stereocenters. The van der Waals surface area contributed by atoms with E-state index < -0.39 is 12.7 Å². The third-order valence-corrected chi connectivity index (χ3v) is 5.97. The highest BCUT2D eigenvalue weighted by atomic mass is 19.4. The Balaban J connectivity index is 1.57. The molecule has 0 N–H and O–H groups in total. The summed E-state index contributed by atoms with van der Waals surface area (Å²) in [6.45, 7) is 1.53. The van der Waals surface area contributed by atoms with Crippen LogP contribution >= 0.6 is 0 Å². The predicted molar refractivity (Wildman–Crippen MR) is 118 cm³/mol. The number of piperidine rings is 1. The molecule has 0 radical (unpaired) electrons. The van der Waals surface area contributed by atoms with Crippen LogP contribution in [0.2, 0.25) is 0 Å². The van der Waals surface area contributed by atoms with Crippen LogP contribution in [0, 0.1) is 5.82 Å². The molecule has 0 aromatic carbocycles. The maximum atomic E-state index is 14.0. The van der Waals surface area contributed by atoms with Crippen molar-refractivity contribution in [2.24, 2.45) is 0 Å². The SMILES string of the molecule is COCCN(C)c1nc(C2CCN(Cc3ncccc3F)CC2)nc2c1ncn2CC(F)(F)F. The first kappa shape index (κ1) is 24.3. The zero-order valence-corrected chi connectivity index (χ0v) is 19.1. The second-order valence-electron chi connectivity index (χ2n) is 8.46. The fraction of sp³-hybridized carbons (Fsp3) is 0.545. The van der Waals surface area contributed by atoms with Gasteiger partial charge in [-0.2, -0.15) is 13.2 Å². The van der Waals surface area contributed by atoms with Crippen LogP contribution in [0.4, 0.5) is 23.4 Å². The van der Waals surface area contributed by atoms with E-state index in [1.54, 1.807) is 26.4 Å². The van der Waals surface area contributed by atoms with Gasteiger partial charge in [0, 0.05) is 39.4 Å². The number of likely N-dealkylation sites (N-methyl/N-ethyl adjacent to an activating group) is 1. The first-order valence-corrected chi connectivity index (χ1v) is 11.1. The Morgan fingerprint density at radius 2 is 1.94 bits per heavy atom. The molecule has 3 aromatic heterocycles. The molecule has 12 heteroatoms. The quantitative estimate of drug-likeness (QED) is 0.457. The standard InChI is InChI=1S/C22H27F4N7O/c1-31(10-11-34-2)20-18-21(33(14-28-18)13-22(24,25)26)30-19(29-20)15-5-8-32(9-6-15)12-17-16(23)4-3-7-27-17/h3-4,7,14-15H,5-6,8-13H2,1-2H3. The van der Waals surface area contributed by atoms with Crippen molar-refractivity contribution in [3.8, 4) is 0 Å². The van der Waals surface area contributed by atoms with Crippen LogP contribution in [0.1, 0.15) is 30.3 Å². The van der Waals surface area contributed by atoms with Crippen molar-refractivity contribution in [1.29, 1.82) is 0 Å². The van der Waals surface area contributed by atoms with Gasteiger partial charge in [-0.25, -0.2) is 19.3 Å². The lowest BCUT2D eigenvalue weighted by Gasteiger charge is -2.31. The van der Waals surface area contributed by atoms with Crippen LogP contribution in [-0.2, 0) is 17.8 Å². The number of hydrogen-bond acceptors (Lipinski definition) is 7. The van der Waals surface area contributed by atoms with Gasteiger partial charge in [-0.1, -0.05) is 0 Å². The Morgan fingerprint density at radius 3 is 2.62 bits per heavy atom. The van der Waals surface area contributed by atoms with Crippen LogP contribution in [-0.4, -0.2) is 76.0 Å². The van der Waals surface area contributed by atoms with Crippen LogP contribution in [0.15, 0.2) is 24.7 Å². The molecule has 8 nitrogen and oxygen atoms in total. The Bertz CT molecular complexity index is 1110. The molecule has 0 atom stereocenters. The summed E-state index contributed by atoms with van der Waals surface area (Å²) in [5, 5.41) is 0. The maximum absolute atomic E-state index is 14.0. The van der Waals surface area contributed by atoms with E-state index in [0.29, 0.717) is 68.5 Å². The van der Waals surface area contributed by atoms with Crippen LogP contribution in [0.3, 0.4) is 0 Å². The van der Waals surface area contributed by atoms with Gasteiger partial charge < -0.3 is 14.2 Å². The molecule has 1 saturated heterocycles. The lowest BCUT2D eigenvalue weighted by atomic mass is 9.95. The number of imidazole rings is 1.